The number of hydrogen-bond acceptors (Lipinski definition) is 3. The van der Waals surface area contributed by atoms with Crippen LogP contribution in [0.25, 0.3) is 11.1 Å². The van der Waals surface area contributed by atoms with E-state index in [1.807, 2.05) is 30.3 Å². The van der Waals surface area contributed by atoms with Crippen molar-refractivity contribution in [3.8, 4) is 11.1 Å². The van der Waals surface area contributed by atoms with Crippen LogP contribution < -0.4 is 5.73 Å². The molecule has 0 atom stereocenters. The first-order valence-corrected chi connectivity index (χ1v) is 7.98. The summed E-state index contributed by atoms with van der Waals surface area (Å²) in [6.07, 6.45) is 2.03. The van der Waals surface area contributed by atoms with Gasteiger partial charge in [0, 0.05) is 11.3 Å². The summed E-state index contributed by atoms with van der Waals surface area (Å²) < 4.78 is 24.2. The Kier molecular flexibility index (Phi) is 6.00. The molecule has 2 N–H and O–H groups in total. The van der Waals surface area contributed by atoms with Gasteiger partial charge in [0.1, 0.15) is 0 Å². The third kappa shape index (κ3) is 4.09. The first-order chi connectivity index (χ1) is 9.54. The number of hydrogen-bond donors (Lipinski definition) is 1. The minimum atomic E-state index is -3.30. The number of nitrogen functional groups attached to an aromatic ring is 1. The SMILES string of the molecule is C=CCCS(=O)(=O)c1ccc(-c2ccccc2)c(N)c1.Cl. The van der Waals surface area contributed by atoms with E-state index in [2.05, 4.69) is 6.58 Å². The summed E-state index contributed by atoms with van der Waals surface area (Å²) >= 11 is 0. The molecule has 0 fully saturated rings. The van der Waals surface area contributed by atoms with Crippen LogP contribution in [-0.4, -0.2) is 14.2 Å². The van der Waals surface area contributed by atoms with Crippen molar-refractivity contribution in [2.45, 2.75) is 11.3 Å². The molecular weight excluding hydrogens is 306 g/mol. The third-order valence-electron chi connectivity index (χ3n) is 3.06. The van der Waals surface area contributed by atoms with Gasteiger partial charge >= 0.3 is 0 Å². The van der Waals surface area contributed by atoms with E-state index in [4.69, 9.17) is 5.73 Å². The summed E-state index contributed by atoms with van der Waals surface area (Å²) in [7, 11) is -3.30. The van der Waals surface area contributed by atoms with E-state index in [-0.39, 0.29) is 23.1 Å². The number of allylic oxidation sites excluding steroid dienone is 1. The molecule has 0 spiro atoms. The van der Waals surface area contributed by atoms with Crippen LogP contribution in [0.1, 0.15) is 6.42 Å². The van der Waals surface area contributed by atoms with Gasteiger partial charge in [-0.1, -0.05) is 42.5 Å². The normalized spacial score (nSPS) is 10.7. The van der Waals surface area contributed by atoms with Crippen molar-refractivity contribution in [2.24, 2.45) is 0 Å². The van der Waals surface area contributed by atoms with Crippen molar-refractivity contribution < 1.29 is 8.42 Å². The average molecular weight is 324 g/mol. The highest BCUT2D eigenvalue weighted by molar-refractivity contribution is 7.91. The Bertz CT molecular complexity index is 712. The molecule has 5 heteroatoms. The summed E-state index contributed by atoms with van der Waals surface area (Å²) in [6.45, 7) is 3.54. The van der Waals surface area contributed by atoms with Gasteiger partial charge in [0.15, 0.2) is 9.84 Å². The van der Waals surface area contributed by atoms with Gasteiger partial charge in [-0.2, -0.15) is 0 Å². The number of anilines is 1. The number of benzene rings is 2. The summed E-state index contributed by atoms with van der Waals surface area (Å²) in [5.41, 5.74) is 8.28. The molecule has 0 bridgehead atoms. The second-order valence-electron chi connectivity index (χ2n) is 4.51. The minimum Gasteiger partial charge on any atom is -0.398 e. The molecule has 0 aromatic heterocycles. The van der Waals surface area contributed by atoms with Crippen LogP contribution in [-0.2, 0) is 9.84 Å². The highest BCUT2D eigenvalue weighted by Gasteiger charge is 2.15. The summed E-state index contributed by atoms with van der Waals surface area (Å²) in [6, 6.07) is 14.5. The molecule has 0 saturated heterocycles. The average Bonchev–Trinajstić information content (AvgIpc) is 2.46. The van der Waals surface area contributed by atoms with Crippen LogP contribution in [0.2, 0.25) is 0 Å². The van der Waals surface area contributed by atoms with Gasteiger partial charge in [-0.15, -0.1) is 19.0 Å². The Hall–Kier alpha value is -1.78. The fourth-order valence-corrected chi connectivity index (χ4v) is 3.27. The number of halogens is 1. The lowest BCUT2D eigenvalue weighted by atomic mass is 10.0. The maximum Gasteiger partial charge on any atom is 0.178 e. The zero-order valence-electron chi connectivity index (χ0n) is 11.5. The molecule has 3 nitrogen and oxygen atoms in total. The van der Waals surface area contributed by atoms with Crippen LogP contribution in [0.4, 0.5) is 5.69 Å². The first-order valence-electron chi connectivity index (χ1n) is 6.33. The van der Waals surface area contributed by atoms with Crippen molar-refractivity contribution in [1.29, 1.82) is 0 Å². The number of rotatable bonds is 5. The molecule has 112 valence electrons. The van der Waals surface area contributed by atoms with Crippen LogP contribution in [0.3, 0.4) is 0 Å². The first kappa shape index (κ1) is 17.3. The second kappa shape index (κ2) is 7.29. The van der Waals surface area contributed by atoms with Gasteiger partial charge in [0.05, 0.1) is 10.6 Å². The van der Waals surface area contributed by atoms with Crippen molar-refractivity contribution in [3.05, 3.63) is 61.2 Å². The lowest BCUT2D eigenvalue weighted by Crippen LogP contribution is -2.07. The molecule has 0 aliphatic carbocycles. The standard InChI is InChI=1S/C16H17NO2S.ClH/c1-2-3-11-20(18,19)14-9-10-15(16(17)12-14)13-7-5-4-6-8-13;/h2,4-10,12H,1,3,11,17H2;1H. The van der Waals surface area contributed by atoms with Gasteiger partial charge in [-0.3, -0.25) is 0 Å². The zero-order chi connectivity index (χ0) is 14.6. The fourth-order valence-electron chi connectivity index (χ4n) is 1.97. The van der Waals surface area contributed by atoms with Gasteiger partial charge in [-0.05, 0) is 24.1 Å². The van der Waals surface area contributed by atoms with Crippen LogP contribution in [0.15, 0.2) is 66.1 Å². The van der Waals surface area contributed by atoms with E-state index < -0.39 is 9.84 Å². The fraction of sp³-hybridized carbons (Fsp3) is 0.125. The monoisotopic (exact) mass is 323 g/mol. The Labute approximate surface area is 131 Å². The molecule has 0 unspecified atom stereocenters. The van der Waals surface area contributed by atoms with E-state index in [1.165, 1.54) is 6.07 Å². The van der Waals surface area contributed by atoms with Crippen LogP contribution in [0, 0.1) is 0 Å². The molecule has 2 rings (SSSR count). The predicted molar refractivity (Wildman–Crippen MR) is 90.4 cm³/mol. The Morgan fingerprint density at radius 2 is 1.76 bits per heavy atom. The van der Waals surface area contributed by atoms with Gasteiger partial charge in [0.2, 0.25) is 0 Å². The maximum absolute atomic E-state index is 12.1. The molecular formula is C16H18ClNO2S. The van der Waals surface area contributed by atoms with Gasteiger partial charge in [-0.25, -0.2) is 8.42 Å². The molecule has 0 radical (unpaired) electrons. The summed E-state index contributed by atoms with van der Waals surface area (Å²) in [4.78, 5) is 0.261. The van der Waals surface area contributed by atoms with Gasteiger partial charge in [0.25, 0.3) is 0 Å². The molecule has 0 aliphatic rings. The highest BCUT2D eigenvalue weighted by Crippen LogP contribution is 2.28. The summed E-state index contributed by atoms with van der Waals surface area (Å²) in [5, 5.41) is 0. The smallest absolute Gasteiger partial charge is 0.178 e. The number of sulfone groups is 1. The Balaban J connectivity index is 0.00000220. The molecule has 2 aromatic rings. The van der Waals surface area contributed by atoms with E-state index in [1.54, 1.807) is 18.2 Å². The second-order valence-corrected chi connectivity index (χ2v) is 6.62. The van der Waals surface area contributed by atoms with E-state index in [0.717, 1.165) is 11.1 Å². The lowest BCUT2D eigenvalue weighted by molar-refractivity contribution is 0.596. The lowest BCUT2D eigenvalue weighted by Gasteiger charge is -2.09. The third-order valence-corrected chi connectivity index (χ3v) is 4.80. The van der Waals surface area contributed by atoms with Gasteiger partial charge < -0.3 is 5.73 Å². The zero-order valence-corrected chi connectivity index (χ0v) is 13.2. The molecule has 21 heavy (non-hydrogen) atoms. The molecule has 2 aromatic carbocycles. The predicted octanol–water partition coefficient (Wildman–Crippen LogP) is 3.71. The van der Waals surface area contributed by atoms with E-state index in [9.17, 15) is 8.42 Å². The van der Waals surface area contributed by atoms with Crippen LogP contribution >= 0.6 is 12.4 Å². The Morgan fingerprint density at radius 3 is 2.33 bits per heavy atom. The maximum atomic E-state index is 12.1. The van der Waals surface area contributed by atoms with Crippen molar-refractivity contribution in [3.63, 3.8) is 0 Å². The van der Waals surface area contributed by atoms with Crippen molar-refractivity contribution >= 4 is 27.9 Å². The molecule has 0 aliphatic heterocycles. The van der Waals surface area contributed by atoms with Crippen molar-refractivity contribution in [2.75, 3.05) is 11.5 Å². The molecule has 0 saturated carbocycles. The molecule has 0 heterocycles. The minimum absolute atomic E-state index is 0. The molecule has 0 amide bonds. The largest absolute Gasteiger partial charge is 0.398 e. The summed E-state index contributed by atoms with van der Waals surface area (Å²) in [5.74, 6) is 0.0562. The van der Waals surface area contributed by atoms with E-state index in [0.29, 0.717) is 12.1 Å². The topological polar surface area (TPSA) is 60.2 Å². The quantitative estimate of drug-likeness (QED) is 0.674. The van der Waals surface area contributed by atoms with Crippen molar-refractivity contribution in [1.82, 2.24) is 0 Å². The highest BCUT2D eigenvalue weighted by atomic mass is 35.5. The Morgan fingerprint density at radius 1 is 1.10 bits per heavy atom. The van der Waals surface area contributed by atoms with Crippen LogP contribution in [0.5, 0.6) is 0 Å². The van der Waals surface area contributed by atoms with E-state index >= 15 is 0 Å². The number of nitrogens with two attached hydrogens (primary N) is 1.